The average Bonchev–Trinajstić information content (AvgIpc) is 3.32. The molecular weight excluding hydrogens is 507 g/mol. The maximum Gasteiger partial charge on any atom is 0.307 e. The summed E-state index contributed by atoms with van der Waals surface area (Å²) in [5, 5.41) is 13.6. The van der Waals surface area contributed by atoms with Crippen LogP contribution < -0.4 is 5.32 Å². The van der Waals surface area contributed by atoms with Crippen molar-refractivity contribution in [2.75, 3.05) is 11.9 Å². The third kappa shape index (κ3) is 5.61. The summed E-state index contributed by atoms with van der Waals surface area (Å²) in [7, 11) is 0. The fourth-order valence-corrected chi connectivity index (χ4v) is 5.38. The van der Waals surface area contributed by atoms with Gasteiger partial charge in [0.15, 0.2) is 0 Å². The number of nitrogens with one attached hydrogen (secondary N) is 1. The summed E-state index contributed by atoms with van der Waals surface area (Å²) < 4.78 is 15.8. The van der Waals surface area contributed by atoms with Gasteiger partial charge in [0.05, 0.1) is 18.4 Å². The fraction of sp³-hybridized carbons (Fsp3) is 0.281. The van der Waals surface area contributed by atoms with Gasteiger partial charge in [-0.1, -0.05) is 61.4 Å². The van der Waals surface area contributed by atoms with Gasteiger partial charge in [-0.25, -0.2) is 9.37 Å². The highest BCUT2D eigenvalue weighted by Gasteiger charge is 2.38. The molecule has 1 aliphatic rings. The molecule has 1 aromatic heterocycles. The van der Waals surface area contributed by atoms with Crippen LogP contribution in [0.15, 0.2) is 78.9 Å². The second-order valence-electron chi connectivity index (χ2n) is 10.3. The van der Waals surface area contributed by atoms with Crippen LogP contribution in [0.1, 0.15) is 42.6 Å². The van der Waals surface area contributed by atoms with Gasteiger partial charge in [-0.2, -0.15) is 0 Å². The highest BCUT2D eigenvalue weighted by atomic mass is 19.1. The van der Waals surface area contributed by atoms with Crippen molar-refractivity contribution in [1.82, 2.24) is 14.5 Å². The zero-order chi connectivity index (χ0) is 28.2. The maximum absolute atomic E-state index is 14.0. The van der Waals surface area contributed by atoms with E-state index in [1.165, 1.54) is 12.1 Å². The topological polar surface area (TPSA) is 87.5 Å². The summed E-state index contributed by atoms with van der Waals surface area (Å²) in [5.41, 5.74) is 4.16. The van der Waals surface area contributed by atoms with Crippen LogP contribution in [-0.2, 0) is 22.7 Å². The number of aliphatic carboxylic acids is 1. The molecule has 2 unspecified atom stereocenters. The second-order valence-corrected chi connectivity index (χ2v) is 10.3. The number of carboxylic acids is 1. The summed E-state index contributed by atoms with van der Waals surface area (Å²) in [6.07, 6.45) is 1.06. The molecule has 4 aromatic rings. The maximum atomic E-state index is 14.0. The van der Waals surface area contributed by atoms with Gasteiger partial charge in [0.25, 0.3) is 0 Å². The van der Waals surface area contributed by atoms with Crippen LogP contribution in [0.2, 0.25) is 0 Å². The number of benzene rings is 3. The molecule has 7 nitrogen and oxygen atoms in total. The number of aromatic nitrogens is 2. The molecule has 2 atom stereocenters. The Morgan fingerprint density at radius 3 is 2.35 bits per heavy atom. The third-order valence-electron chi connectivity index (χ3n) is 7.46. The molecule has 0 saturated heterocycles. The standard InChI is InChI=1S/C32H33FN4O3/c1-3-7-26(32(39)40)28(22-8-5-4-6-9-22)31(38)36-18-19-37-27(20-36)35-29(23-12-14-24(33)15-13-23)30(37)34-25-16-10-21(2)11-17-25/h4-6,8-17,26,28,34H,3,7,18-20H2,1-2H3,(H,39,40). The van der Waals surface area contributed by atoms with Crippen LogP contribution in [0.4, 0.5) is 15.9 Å². The summed E-state index contributed by atoms with van der Waals surface area (Å²) >= 11 is 0. The number of nitrogens with zero attached hydrogens (tertiary/aromatic N) is 3. The van der Waals surface area contributed by atoms with Crippen LogP contribution in [0, 0.1) is 18.7 Å². The molecule has 206 valence electrons. The molecule has 8 heteroatoms. The number of carboxylic acid groups (broad SMARTS) is 1. The molecule has 0 spiro atoms. The number of carbonyl (C=O) groups is 2. The number of halogens is 1. The minimum Gasteiger partial charge on any atom is -0.481 e. The Morgan fingerprint density at radius 2 is 1.70 bits per heavy atom. The number of imidazole rings is 1. The van der Waals surface area contributed by atoms with E-state index in [0.717, 1.165) is 22.6 Å². The van der Waals surface area contributed by atoms with Gasteiger partial charge in [-0.3, -0.25) is 9.59 Å². The van der Waals surface area contributed by atoms with Gasteiger partial charge in [-0.15, -0.1) is 0 Å². The van der Waals surface area contributed by atoms with Crippen molar-refractivity contribution in [2.24, 2.45) is 5.92 Å². The largest absolute Gasteiger partial charge is 0.481 e. The Bertz CT molecular complexity index is 1480. The predicted molar refractivity (Wildman–Crippen MR) is 153 cm³/mol. The Hall–Kier alpha value is -4.46. The van der Waals surface area contributed by atoms with Crippen molar-refractivity contribution in [3.8, 4) is 11.3 Å². The SMILES string of the molecule is CCCC(C(=O)O)C(C(=O)N1CCn2c(nc(-c3ccc(F)cc3)c2Nc2ccc(C)cc2)C1)c1ccccc1. The lowest BCUT2D eigenvalue weighted by Gasteiger charge is -2.33. The average molecular weight is 541 g/mol. The highest BCUT2D eigenvalue weighted by Crippen LogP contribution is 2.36. The minimum absolute atomic E-state index is 0.210. The van der Waals surface area contributed by atoms with E-state index in [1.54, 1.807) is 17.0 Å². The summed E-state index contributed by atoms with van der Waals surface area (Å²) in [4.78, 5) is 32.9. The smallest absolute Gasteiger partial charge is 0.307 e. The first-order chi connectivity index (χ1) is 19.4. The first kappa shape index (κ1) is 27.1. The quantitative estimate of drug-likeness (QED) is 0.258. The van der Waals surface area contributed by atoms with Gasteiger partial charge in [-0.05, 0) is 55.3 Å². The lowest BCUT2D eigenvalue weighted by molar-refractivity contribution is -0.148. The number of anilines is 2. The van der Waals surface area contributed by atoms with Crippen molar-refractivity contribution >= 4 is 23.4 Å². The summed E-state index contributed by atoms with van der Waals surface area (Å²) in [6.45, 7) is 5.09. The second kappa shape index (κ2) is 11.7. The molecule has 0 radical (unpaired) electrons. The van der Waals surface area contributed by atoms with Crippen LogP contribution >= 0.6 is 0 Å². The van der Waals surface area contributed by atoms with Crippen molar-refractivity contribution in [3.63, 3.8) is 0 Å². The van der Waals surface area contributed by atoms with Gasteiger partial charge < -0.3 is 19.9 Å². The Morgan fingerprint density at radius 1 is 1.00 bits per heavy atom. The van der Waals surface area contributed by atoms with Crippen molar-refractivity contribution < 1.29 is 19.1 Å². The highest BCUT2D eigenvalue weighted by molar-refractivity contribution is 5.89. The summed E-state index contributed by atoms with van der Waals surface area (Å²) in [5.74, 6) is -1.67. The normalized spacial score (nSPS) is 14.3. The monoisotopic (exact) mass is 540 g/mol. The van der Waals surface area contributed by atoms with Crippen LogP contribution in [-0.4, -0.2) is 38.0 Å². The lowest BCUT2D eigenvalue weighted by atomic mass is 9.82. The van der Waals surface area contributed by atoms with E-state index in [9.17, 15) is 19.1 Å². The van der Waals surface area contributed by atoms with E-state index < -0.39 is 17.8 Å². The fourth-order valence-electron chi connectivity index (χ4n) is 5.38. The van der Waals surface area contributed by atoms with Crippen LogP contribution in [0.25, 0.3) is 11.3 Å². The van der Waals surface area contributed by atoms with E-state index >= 15 is 0 Å². The molecule has 3 aromatic carbocycles. The van der Waals surface area contributed by atoms with Crippen molar-refractivity contribution in [1.29, 1.82) is 0 Å². The number of carbonyl (C=O) groups excluding carboxylic acids is 1. The third-order valence-corrected chi connectivity index (χ3v) is 7.46. The zero-order valence-corrected chi connectivity index (χ0v) is 22.7. The Labute approximate surface area is 233 Å². The van der Waals surface area contributed by atoms with Gasteiger partial charge in [0.1, 0.15) is 23.2 Å². The van der Waals surface area contributed by atoms with Crippen molar-refractivity contribution in [3.05, 3.63) is 102 Å². The molecule has 5 rings (SSSR count). The molecule has 2 heterocycles. The Balaban J connectivity index is 1.50. The zero-order valence-electron chi connectivity index (χ0n) is 22.7. The number of fused-ring (bicyclic) bond motifs is 1. The van der Waals surface area contributed by atoms with Gasteiger partial charge in [0, 0.05) is 24.3 Å². The van der Waals surface area contributed by atoms with Gasteiger partial charge in [0.2, 0.25) is 5.91 Å². The lowest BCUT2D eigenvalue weighted by Crippen LogP contribution is -2.44. The molecule has 1 aliphatic heterocycles. The number of aryl methyl sites for hydroxylation is 1. The van der Waals surface area contributed by atoms with E-state index in [1.807, 2.05) is 68.4 Å². The molecule has 1 amide bonds. The number of hydrogen-bond acceptors (Lipinski definition) is 4. The van der Waals surface area contributed by atoms with E-state index in [0.29, 0.717) is 43.0 Å². The van der Waals surface area contributed by atoms with Crippen LogP contribution in [0.5, 0.6) is 0 Å². The predicted octanol–water partition coefficient (Wildman–Crippen LogP) is 6.37. The van der Waals surface area contributed by atoms with E-state index in [4.69, 9.17) is 4.98 Å². The minimum atomic E-state index is -0.967. The van der Waals surface area contributed by atoms with E-state index in [2.05, 4.69) is 9.88 Å². The molecule has 0 bridgehead atoms. The first-order valence-corrected chi connectivity index (χ1v) is 13.6. The summed E-state index contributed by atoms with van der Waals surface area (Å²) in [6, 6.07) is 23.4. The molecule has 0 saturated carbocycles. The number of hydrogen-bond donors (Lipinski definition) is 2. The molecular formula is C32H33FN4O3. The van der Waals surface area contributed by atoms with Gasteiger partial charge >= 0.3 is 5.97 Å². The van der Waals surface area contributed by atoms with Crippen molar-refractivity contribution in [2.45, 2.75) is 45.7 Å². The molecule has 2 N–H and O–H groups in total. The number of amides is 1. The number of rotatable bonds is 9. The Kier molecular flexibility index (Phi) is 7.96. The molecule has 0 aliphatic carbocycles. The first-order valence-electron chi connectivity index (χ1n) is 13.6. The molecule has 40 heavy (non-hydrogen) atoms. The molecule has 0 fully saturated rings. The van der Waals surface area contributed by atoms with E-state index in [-0.39, 0.29) is 18.3 Å². The van der Waals surface area contributed by atoms with Crippen LogP contribution in [0.3, 0.4) is 0 Å².